The second kappa shape index (κ2) is 6.90. The molecule has 7 nitrogen and oxygen atoms in total. The highest BCUT2D eigenvalue weighted by Gasteiger charge is 2.29. The fraction of sp³-hybridized carbons (Fsp3) is 0.611. The molecule has 2 aliphatic rings. The maximum absolute atomic E-state index is 12.6. The largest absolute Gasteiger partial charge is 0.337 e. The molecule has 0 atom stereocenters. The average Bonchev–Trinajstić information content (AvgIpc) is 2.90. The number of aryl methyl sites for hydroxylation is 2. The number of fused-ring (bicyclic) bond motifs is 1. The summed E-state index contributed by atoms with van der Waals surface area (Å²) < 4.78 is 2.33. The third-order valence-electron chi connectivity index (χ3n) is 5.29. The molecule has 0 aliphatic carbocycles. The molecule has 0 saturated carbocycles. The Balaban J connectivity index is 1.42. The minimum absolute atomic E-state index is 0.0222. The standard InChI is InChI=1S/C18H24N6O/c1-13-11-20-15(12-19-13)18(25)23-9-6-14(7-10-23)17-22-21-16-5-3-2-4-8-24(16)17/h11-12,14H,2-10H2,1H3. The first-order valence-corrected chi connectivity index (χ1v) is 9.22. The second-order valence-electron chi connectivity index (χ2n) is 7.05. The summed E-state index contributed by atoms with van der Waals surface area (Å²) in [6.07, 6.45) is 9.81. The van der Waals surface area contributed by atoms with Crippen LogP contribution in [0.4, 0.5) is 0 Å². The highest BCUT2D eigenvalue weighted by atomic mass is 16.2. The van der Waals surface area contributed by atoms with E-state index < -0.39 is 0 Å². The minimum Gasteiger partial charge on any atom is -0.337 e. The molecule has 0 aromatic carbocycles. The Morgan fingerprint density at radius 1 is 1.04 bits per heavy atom. The Hall–Kier alpha value is -2.31. The number of likely N-dealkylation sites (tertiary alicyclic amines) is 1. The molecule has 2 aliphatic heterocycles. The lowest BCUT2D eigenvalue weighted by Crippen LogP contribution is -2.38. The summed E-state index contributed by atoms with van der Waals surface area (Å²) >= 11 is 0. The number of nitrogens with zero attached hydrogens (tertiary/aromatic N) is 6. The highest BCUT2D eigenvalue weighted by Crippen LogP contribution is 2.29. The van der Waals surface area contributed by atoms with Gasteiger partial charge >= 0.3 is 0 Å². The molecule has 1 saturated heterocycles. The van der Waals surface area contributed by atoms with Crippen LogP contribution in [0.1, 0.15) is 65.9 Å². The zero-order chi connectivity index (χ0) is 17.2. The first-order valence-electron chi connectivity index (χ1n) is 9.22. The Bertz CT molecular complexity index is 745. The molecule has 25 heavy (non-hydrogen) atoms. The first-order chi connectivity index (χ1) is 12.2. The number of hydrogen-bond donors (Lipinski definition) is 0. The molecule has 7 heteroatoms. The lowest BCUT2D eigenvalue weighted by atomic mass is 9.95. The molecule has 4 heterocycles. The van der Waals surface area contributed by atoms with Gasteiger partial charge in [-0.1, -0.05) is 6.42 Å². The first kappa shape index (κ1) is 16.2. The van der Waals surface area contributed by atoms with E-state index in [9.17, 15) is 4.79 Å². The van der Waals surface area contributed by atoms with Crippen LogP contribution in [0.2, 0.25) is 0 Å². The third-order valence-corrected chi connectivity index (χ3v) is 5.29. The van der Waals surface area contributed by atoms with E-state index in [1.54, 1.807) is 12.4 Å². The Morgan fingerprint density at radius 3 is 2.64 bits per heavy atom. The van der Waals surface area contributed by atoms with Crippen molar-refractivity contribution in [2.75, 3.05) is 13.1 Å². The van der Waals surface area contributed by atoms with Crippen molar-refractivity contribution >= 4 is 5.91 Å². The van der Waals surface area contributed by atoms with Crippen molar-refractivity contribution in [3.05, 3.63) is 35.4 Å². The second-order valence-corrected chi connectivity index (χ2v) is 7.05. The van der Waals surface area contributed by atoms with Gasteiger partial charge in [0.1, 0.15) is 17.3 Å². The van der Waals surface area contributed by atoms with Gasteiger partial charge in [0.05, 0.1) is 11.9 Å². The van der Waals surface area contributed by atoms with E-state index in [0.717, 1.165) is 56.2 Å². The molecule has 0 radical (unpaired) electrons. The Labute approximate surface area is 147 Å². The summed E-state index contributed by atoms with van der Waals surface area (Å²) in [6.45, 7) is 4.38. The number of piperidine rings is 1. The number of aromatic nitrogens is 5. The predicted octanol–water partition coefficient (Wildman–Crippen LogP) is 2.12. The van der Waals surface area contributed by atoms with E-state index in [1.807, 2.05) is 11.8 Å². The van der Waals surface area contributed by atoms with E-state index in [4.69, 9.17) is 0 Å². The smallest absolute Gasteiger partial charge is 0.274 e. The highest BCUT2D eigenvalue weighted by molar-refractivity contribution is 5.92. The molecular weight excluding hydrogens is 316 g/mol. The summed E-state index contributed by atoms with van der Waals surface area (Å²) in [5.41, 5.74) is 1.25. The van der Waals surface area contributed by atoms with Gasteiger partial charge < -0.3 is 9.47 Å². The van der Waals surface area contributed by atoms with Crippen LogP contribution < -0.4 is 0 Å². The lowest BCUT2D eigenvalue weighted by molar-refractivity contribution is 0.0703. The molecular formula is C18H24N6O. The summed E-state index contributed by atoms with van der Waals surface area (Å²) in [5, 5.41) is 8.90. The molecule has 2 aromatic rings. The van der Waals surface area contributed by atoms with Crippen LogP contribution in [0.3, 0.4) is 0 Å². The predicted molar refractivity (Wildman–Crippen MR) is 92.2 cm³/mol. The number of hydrogen-bond acceptors (Lipinski definition) is 5. The lowest BCUT2D eigenvalue weighted by Gasteiger charge is -2.31. The number of amides is 1. The minimum atomic E-state index is -0.0222. The Morgan fingerprint density at radius 2 is 1.88 bits per heavy atom. The van der Waals surface area contributed by atoms with Gasteiger partial charge in [-0.05, 0) is 32.6 Å². The number of rotatable bonds is 2. The molecule has 0 bridgehead atoms. The maximum atomic E-state index is 12.6. The van der Waals surface area contributed by atoms with E-state index in [0.29, 0.717) is 11.6 Å². The van der Waals surface area contributed by atoms with Crippen molar-refractivity contribution in [3.63, 3.8) is 0 Å². The third kappa shape index (κ3) is 3.27. The normalized spacial score (nSPS) is 18.7. The van der Waals surface area contributed by atoms with Crippen LogP contribution in [-0.4, -0.2) is 48.6 Å². The maximum Gasteiger partial charge on any atom is 0.274 e. The van der Waals surface area contributed by atoms with Crippen LogP contribution in [0.5, 0.6) is 0 Å². The summed E-state index contributed by atoms with van der Waals surface area (Å²) in [6, 6.07) is 0. The van der Waals surface area contributed by atoms with Crippen LogP contribution in [0, 0.1) is 6.92 Å². The van der Waals surface area contributed by atoms with Gasteiger partial charge in [-0.2, -0.15) is 0 Å². The van der Waals surface area contributed by atoms with Crippen LogP contribution in [-0.2, 0) is 13.0 Å². The monoisotopic (exact) mass is 340 g/mol. The van der Waals surface area contributed by atoms with E-state index >= 15 is 0 Å². The van der Waals surface area contributed by atoms with E-state index in [2.05, 4.69) is 24.7 Å². The molecule has 1 fully saturated rings. The quantitative estimate of drug-likeness (QED) is 0.837. The molecule has 132 valence electrons. The summed E-state index contributed by atoms with van der Waals surface area (Å²) in [5.74, 6) is 2.64. The van der Waals surface area contributed by atoms with Crippen molar-refractivity contribution in [2.45, 2.75) is 57.9 Å². The van der Waals surface area contributed by atoms with Crippen molar-refractivity contribution in [1.82, 2.24) is 29.6 Å². The molecule has 4 rings (SSSR count). The van der Waals surface area contributed by atoms with Gasteiger partial charge in [0.15, 0.2) is 0 Å². The molecule has 2 aromatic heterocycles. The van der Waals surface area contributed by atoms with Crippen molar-refractivity contribution < 1.29 is 4.79 Å². The average molecular weight is 340 g/mol. The number of carbonyl (C=O) groups excluding carboxylic acids is 1. The van der Waals surface area contributed by atoms with Crippen molar-refractivity contribution in [3.8, 4) is 0 Å². The fourth-order valence-electron chi connectivity index (χ4n) is 3.82. The molecule has 0 spiro atoms. The number of carbonyl (C=O) groups is 1. The van der Waals surface area contributed by atoms with Gasteiger partial charge in [0.25, 0.3) is 5.91 Å². The van der Waals surface area contributed by atoms with Crippen LogP contribution >= 0.6 is 0 Å². The molecule has 1 amide bonds. The van der Waals surface area contributed by atoms with Crippen LogP contribution in [0.15, 0.2) is 12.4 Å². The summed E-state index contributed by atoms with van der Waals surface area (Å²) in [4.78, 5) is 22.8. The van der Waals surface area contributed by atoms with E-state index in [-0.39, 0.29) is 5.91 Å². The van der Waals surface area contributed by atoms with Gasteiger partial charge in [-0.15, -0.1) is 10.2 Å². The van der Waals surface area contributed by atoms with E-state index in [1.165, 1.54) is 19.3 Å². The zero-order valence-electron chi connectivity index (χ0n) is 14.7. The Kier molecular flexibility index (Phi) is 4.46. The van der Waals surface area contributed by atoms with Crippen LogP contribution in [0.25, 0.3) is 0 Å². The van der Waals surface area contributed by atoms with Crippen molar-refractivity contribution in [2.24, 2.45) is 0 Å². The van der Waals surface area contributed by atoms with Crippen molar-refractivity contribution in [1.29, 1.82) is 0 Å². The summed E-state index contributed by atoms with van der Waals surface area (Å²) in [7, 11) is 0. The van der Waals surface area contributed by atoms with Gasteiger partial charge in [-0.25, -0.2) is 4.98 Å². The molecule has 0 unspecified atom stereocenters. The SMILES string of the molecule is Cc1cnc(C(=O)N2CCC(c3nnc4n3CCCCC4)CC2)cn1. The topological polar surface area (TPSA) is 76.8 Å². The van der Waals surface area contributed by atoms with Gasteiger partial charge in [0.2, 0.25) is 0 Å². The molecule has 0 N–H and O–H groups in total. The zero-order valence-corrected chi connectivity index (χ0v) is 14.7. The fourth-order valence-corrected chi connectivity index (χ4v) is 3.82. The van der Waals surface area contributed by atoms with Gasteiger partial charge in [-0.3, -0.25) is 9.78 Å². The van der Waals surface area contributed by atoms with Gasteiger partial charge in [0, 0.05) is 38.2 Å².